The molecule has 2 aromatic rings. The van der Waals surface area contributed by atoms with Crippen molar-refractivity contribution in [1.82, 2.24) is 5.06 Å². The summed E-state index contributed by atoms with van der Waals surface area (Å²) in [4.78, 5) is 25.3. The molecule has 0 atom stereocenters. The van der Waals surface area contributed by atoms with E-state index in [2.05, 4.69) is 4.28 Å². The lowest BCUT2D eigenvalue weighted by Gasteiger charge is -2.26. The van der Waals surface area contributed by atoms with Gasteiger partial charge < -0.3 is 0 Å². The molecule has 1 aliphatic heterocycles. The number of hydroxylamine groups is 2. The first kappa shape index (κ1) is 21.8. The molecule has 0 radical (unpaired) electrons. The number of amides is 2. The van der Waals surface area contributed by atoms with Crippen LogP contribution in [0.25, 0.3) is 10.8 Å². The van der Waals surface area contributed by atoms with Crippen LogP contribution in [0.2, 0.25) is 0 Å². The molecule has 4 rings (SSSR count). The largest absolute Gasteiger partial charge is 0.525 e. The van der Waals surface area contributed by atoms with Crippen LogP contribution in [-0.4, -0.2) is 30.8 Å². The average Bonchev–Trinajstić information content (AvgIpc) is 3.22. The monoisotopic (exact) mass is 455 g/mol. The standard InChI is InChI=1S/C21H20F3NO5S/c22-21(23,24)31(28,29)30-25-19(26)16-10-4-9-15-14(8-3-7-13-5-1-2-6-13)11-12-17(18(15)16)20(25)27/h4,9-13H,1-3,5-8H2. The first-order chi connectivity index (χ1) is 14.6. The first-order valence-electron chi connectivity index (χ1n) is 10.0. The molecular formula is C21H20F3NO5S. The Labute approximate surface area is 177 Å². The number of aryl methyl sites for hydroxylation is 1. The van der Waals surface area contributed by atoms with Crippen molar-refractivity contribution in [2.45, 2.75) is 50.5 Å². The molecule has 0 spiro atoms. The quantitative estimate of drug-likeness (QED) is 0.465. The Balaban J connectivity index is 1.65. The van der Waals surface area contributed by atoms with E-state index in [1.165, 1.54) is 37.8 Å². The highest BCUT2D eigenvalue weighted by atomic mass is 32.2. The Morgan fingerprint density at radius 1 is 1.00 bits per heavy atom. The van der Waals surface area contributed by atoms with Gasteiger partial charge in [-0.05, 0) is 41.8 Å². The number of hydrogen-bond donors (Lipinski definition) is 0. The van der Waals surface area contributed by atoms with Crippen molar-refractivity contribution in [2.75, 3.05) is 0 Å². The van der Waals surface area contributed by atoms with E-state index in [0.29, 0.717) is 10.8 Å². The number of benzene rings is 2. The molecule has 0 bridgehead atoms. The summed E-state index contributed by atoms with van der Waals surface area (Å²) < 4.78 is 64.7. The second-order valence-corrected chi connectivity index (χ2v) is 9.44. The third kappa shape index (κ3) is 3.94. The van der Waals surface area contributed by atoms with Gasteiger partial charge in [0.05, 0.1) is 11.1 Å². The van der Waals surface area contributed by atoms with Gasteiger partial charge in [0.2, 0.25) is 0 Å². The molecule has 1 fully saturated rings. The molecule has 0 N–H and O–H groups in total. The molecule has 1 saturated carbocycles. The zero-order chi connectivity index (χ0) is 22.4. The second kappa shape index (κ2) is 7.90. The minimum absolute atomic E-state index is 0.0814. The molecule has 1 heterocycles. The van der Waals surface area contributed by atoms with Crippen molar-refractivity contribution in [3.8, 4) is 0 Å². The van der Waals surface area contributed by atoms with E-state index in [-0.39, 0.29) is 16.2 Å². The van der Waals surface area contributed by atoms with Crippen LogP contribution in [0.1, 0.15) is 64.8 Å². The van der Waals surface area contributed by atoms with E-state index in [4.69, 9.17) is 0 Å². The molecule has 6 nitrogen and oxygen atoms in total. The lowest BCUT2D eigenvalue weighted by molar-refractivity contribution is -0.0761. The maximum atomic E-state index is 12.7. The topological polar surface area (TPSA) is 80.8 Å². The first-order valence-corrected chi connectivity index (χ1v) is 11.5. The summed E-state index contributed by atoms with van der Waals surface area (Å²) in [6.07, 6.45) is 7.79. The lowest BCUT2D eigenvalue weighted by atomic mass is 9.89. The molecule has 166 valence electrons. The number of carbonyl (C=O) groups is 2. The second-order valence-electron chi connectivity index (χ2n) is 7.92. The zero-order valence-corrected chi connectivity index (χ0v) is 17.3. The van der Waals surface area contributed by atoms with Gasteiger partial charge in [0.1, 0.15) is 0 Å². The predicted molar refractivity (Wildman–Crippen MR) is 105 cm³/mol. The van der Waals surface area contributed by atoms with Crippen LogP contribution >= 0.6 is 0 Å². The highest BCUT2D eigenvalue weighted by molar-refractivity contribution is 7.87. The Morgan fingerprint density at radius 2 is 1.65 bits per heavy atom. The van der Waals surface area contributed by atoms with Crippen molar-refractivity contribution >= 4 is 32.7 Å². The van der Waals surface area contributed by atoms with Crippen LogP contribution in [0.5, 0.6) is 0 Å². The molecule has 10 heteroatoms. The fourth-order valence-corrected chi connectivity index (χ4v) is 4.86. The minimum atomic E-state index is -6.18. The zero-order valence-electron chi connectivity index (χ0n) is 16.4. The highest BCUT2D eigenvalue weighted by Crippen LogP contribution is 2.35. The van der Waals surface area contributed by atoms with E-state index >= 15 is 0 Å². The van der Waals surface area contributed by atoms with Crippen LogP contribution in [-0.2, 0) is 20.8 Å². The maximum Gasteiger partial charge on any atom is 0.525 e. The van der Waals surface area contributed by atoms with Crippen molar-refractivity contribution in [3.05, 3.63) is 47.0 Å². The van der Waals surface area contributed by atoms with Crippen LogP contribution in [0.15, 0.2) is 30.3 Å². The molecule has 1 aliphatic carbocycles. The van der Waals surface area contributed by atoms with E-state index < -0.39 is 27.4 Å². The normalized spacial score (nSPS) is 17.7. The van der Waals surface area contributed by atoms with E-state index in [1.807, 2.05) is 0 Å². The van der Waals surface area contributed by atoms with Gasteiger partial charge in [-0.3, -0.25) is 9.59 Å². The van der Waals surface area contributed by atoms with Crippen molar-refractivity contribution in [2.24, 2.45) is 5.92 Å². The third-order valence-electron chi connectivity index (χ3n) is 5.95. The molecule has 2 aromatic carbocycles. The summed E-state index contributed by atoms with van der Waals surface area (Å²) >= 11 is 0. The van der Waals surface area contributed by atoms with Crippen LogP contribution in [0.3, 0.4) is 0 Å². The Kier molecular flexibility index (Phi) is 5.55. The fourth-order valence-electron chi connectivity index (χ4n) is 4.44. The summed E-state index contributed by atoms with van der Waals surface area (Å²) in [6.45, 7) is 0. The Morgan fingerprint density at radius 3 is 2.29 bits per heavy atom. The Bertz CT molecular complexity index is 1130. The van der Waals surface area contributed by atoms with E-state index in [1.54, 1.807) is 18.2 Å². The van der Waals surface area contributed by atoms with E-state index in [9.17, 15) is 31.2 Å². The van der Waals surface area contributed by atoms with Gasteiger partial charge in [-0.15, -0.1) is 9.35 Å². The van der Waals surface area contributed by atoms with Gasteiger partial charge in [-0.25, -0.2) is 0 Å². The Hall–Kier alpha value is -2.46. The number of halogens is 3. The third-order valence-corrected chi connectivity index (χ3v) is 6.86. The molecule has 0 unspecified atom stereocenters. The van der Waals surface area contributed by atoms with Gasteiger partial charge in [0.15, 0.2) is 0 Å². The van der Waals surface area contributed by atoms with Crippen LogP contribution < -0.4 is 0 Å². The number of carbonyl (C=O) groups excluding carboxylic acids is 2. The number of imide groups is 1. The smallest absolute Gasteiger partial charge is 0.266 e. The van der Waals surface area contributed by atoms with Crippen molar-refractivity contribution in [1.29, 1.82) is 0 Å². The summed E-state index contributed by atoms with van der Waals surface area (Å²) in [6, 6.07) is 7.73. The van der Waals surface area contributed by atoms with Crippen molar-refractivity contribution < 1.29 is 35.5 Å². The SMILES string of the molecule is O=C1c2cccc3c(CCCC4CCCC4)ccc(c23)C(=O)N1OS(=O)(=O)C(F)(F)F. The van der Waals surface area contributed by atoms with Crippen molar-refractivity contribution in [3.63, 3.8) is 0 Å². The number of alkyl halides is 3. The minimum Gasteiger partial charge on any atom is -0.266 e. The molecule has 0 aromatic heterocycles. The van der Waals surface area contributed by atoms with Gasteiger partial charge in [0.25, 0.3) is 11.8 Å². The van der Waals surface area contributed by atoms with Gasteiger partial charge in [-0.1, -0.05) is 50.3 Å². The van der Waals surface area contributed by atoms with Crippen LogP contribution in [0.4, 0.5) is 13.2 Å². The maximum absolute atomic E-state index is 12.7. The van der Waals surface area contributed by atoms with E-state index in [0.717, 1.165) is 30.7 Å². The van der Waals surface area contributed by atoms with Gasteiger partial charge in [0, 0.05) is 5.39 Å². The number of rotatable bonds is 6. The average molecular weight is 455 g/mol. The fraction of sp³-hybridized carbons (Fsp3) is 0.429. The molecule has 2 amide bonds. The predicted octanol–water partition coefficient (Wildman–Crippen LogP) is 4.73. The highest BCUT2D eigenvalue weighted by Gasteiger charge is 2.51. The number of hydrogen-bond acceptors (Lipinski definition) is 5. The van der Waals surface area contributed by atoms with Gasteiger partial charge >= 0.3 is 15.6 Å². The summed E-state index contributed by atoms with van der Waals surface area (Å²) in [5, 5.41) is 0.626. The molecule has 2 aliphatic rings. The number of nitrogens with zero attached hydrogens (tertiary/aromatic N) is 1. The summed E-state index contributed by atoms with van der Waals surface area (Å²) in [5.41, 5.74) is -5.01. The summed E-state index contributed by atoms with van der Waals surface area (Å²) in [7, 11) is -6.18. The van der Waals surface area contributed by atoms with Gasteiger partial charge in [-0.2, -0.15) is 21.6 Å². The molecular weight excluding hydrogens is 435 g/mol. The summed E-state index contributed by atoms with van der Waals surface area (Å²) in [5.74, 6) is -1.78. The lowest BCUT2D eigenvalue weighted by Crippen LogP contribution is -2.44. The molecule has 0 saturated heterocycles. The van der Waals surface area contributed by atoms with Crippen LogP contribution in [0, 0.1) is 5.92 Å². The molecule has 31 heavy (non-hydrogen) atoms.